The van der Waals surface area contributed by atoms with Gasteiger partial charge in [-0.15, -0.1) is 0 Å². The van der Waals surface area contributed by atoms with Gasteiger partial charge >= 0.3 is 0 Å². The maximum absolute atomic E-state index is 12.1. The number of benzene rings is 1. The smallest absolute Gasteiger partial charge is 0.230 e. The number of hydrogen-bond donors (Lipinski definition) is 1. The molecule has 1 aliphatic heterocycles. The number of rotatable bonds is 6. The minimum Gasteiger partial charge on any atom is -0.355 e. The maximum atomic E-state index is 12.1. The lowest BCUT2D eigenvalue weighted by atomic mass is 9.85. The van der Waals surface area contributed by atoms with Crippen LogP contribution in [-0.4, -0.2) is 23.6 Å². The molecule has 1 N–H and O–H groups in total. The highest BCUT2D eigenvalue weighted by Gasteiger charge is 2.39. The molecule has 1 aliphatic rings. The third-order valence-electron chi connectivity index (χ3n) is 3.54. The van der Waals surface area contributed by atoms with Crippen LogP contribution in [0.4, 0.5) is 0 Å². The normalized spacial score (nSPS) is 22.3. The molecule has 2 rings (SSSR count). The number of ketones is 1. The van der Waals surface area contributed by atoms with Crippen molar-refractivity contribution < 1.29 is 9.59 Å². The van der Waals surface area contributed by atoms with Gasteiger partial charge in [0.1, 0.15) is 11.7 Å². The molecule has 2 atom stereocenters. The van der Waals surface area contributed by atoms with E-state index in [9.17, 15) is 9.59 Å². The van der Waals surface area contributed by atoms with Crippen molar-refractivity contribution in [2.24, 2.45) is 11.8 Å². The Morgan fingerprint density at radius 3 is 2.74 bits per heavy atom. The zero-order chi connectivity index (χ0) is 13.7. The molecule has 0 bridgehead atoms. The third kappa shape index (κ3) is 3.66. The Labute approximate surface area is 121 Å². The first kappa shape index (κ1) is 14.3. The maximum Gasteiger partial charge on any atom is 0.230 e. The molecule has 0 aromatic heterocycles. The second kappa shape index (κ2) is 6.85. The van der Waals surface area contributed by atoms with Gasteiger partial charge in [0.25, 0.3) is 0 Å². The van der Waals surface area contributed by atoms with Gasteiger partial charge in [0.2, 0.25) is 5.91 Å². The van der Waals surface area contributed by atoms with E-state index in [1.165, 1.54) is 5.56 Å². The van der Waals surface area contributed by atoms with E-state index in [0.717, 1.165) is 18.2 Å². The molecule has 1 unspecified atom stereocenters. The first-order chi connectivity index (χ1) is 9.22. The van der Waals surface area contributed by atoms with E-state index >= 15 is 0 Å². The molecule has 3 nitrogen and oxygen atoms in total. The molecule has 0 saturated carbocycles. The second-order valence-corrected chi connectivity index (χ2v) is 5.72. The van der Waals surface area contributed by atoms with Gasteiger partial charge in [-0.2, -0.15) is 0 Å². The van der Waals surface area contributed by atoms with Crippen molar-refractivity contribution >= 4 is 27.6 Å². The highest BCUT2D eigenvalue weighted by Crippen LogP contribution is 2.25. The first-order valence-corrected chi connectivity index (χ1v) is 7.75. The predicted molar refractivity (Wildman–Crippen MR) is 78.2 cm³/mol. The molecule has 19 heavy (non-hydrogen) atoms. The fourth-order valence-corrected chi connectivity index (χ4v) is 2.87. The number of nitrogens with one attached hydrogen (secondary N) is 1. The van der Waals surface area contributed by atoms with E-state index in [1.54, 1.807) is 0 Å². The van der Waals surface area contributed by atoms with Gasteiger partial charge in [-0.05, 0) is 24.3 Å². The molecule has 0 aliphatic carbocycles. The van der Waals surface area contributed by atoms with Gasteiger partial charge < -0.3 is 5.32 Å². The number of amides is 1. The molecule has 4 heteroatoms. The van der Waals surface area contributed by atoms with Crippen molar-refractivity contribution in [2.75, 3.05) is 11.9 Å². The van der Waals surface area contributed by atoms with Crippen molar-refractivity contribution in [1.29, 1.82) is 0 Å². The minimum atomic E-state index is -0.459. The molecular formula is C15H18BrNO2. The molecule has 0 spiro atoms. The van der Waals surface area contributed by atoms with E-state index in [1.807, 2.05) is 30.3 Å². The summed E-state index contributed by atoms with van der Waals surface area (Å²) >= 11 is 3.32. The highest BCUT2D eigenvalue weighted by atomic mass is 79.9. The van der Waals surface area contributed by atoms with Crippen LogP contribution in [-0.2, 0) is 16.0 Å². The Morgan fingerprint density at radius 1 is 1.32 bits per heavy atom. The summed E-state index contributed by atoms with van der Waals surface area (Å²) in [6.07, 6.45) is 2.06. The predicted octanol–water partition coefficient (Wildman–Crippen LogP) is 2.34. The van der Waals surface area contributed by atoms with Crippen LogP contribution in [0.5, 0.6) is 0 Å². The second-order valence-electron chi connectivity index (χ2n) is 4.93. The number of Topliss-reactive ketones (excluding diaryl/α,β-unsaturated/α-hetero) is 1. The van der Waals surface area contributed by atoms with E-state index in [-0.39, 0.29) is 17.6 Å². The van der Waals surface area contributed by atoms with Gasteiger partial charge in [0.05, 0.1) is 0 Å². The number of carbonyl (C=O) groups excluding carboxylic acids is 2. The Hall–Kier alpha value is -1.16. The summed E-state index contributed by atoms with van der Waals surface area (Å²) in [6, 6.07) is 10.0. The van der Waals surface area contributed by atoms with Crippen molar-refractivity contribution in [3.05, 3.63) is 35.9 Å². The van der Waals surface area contributed by atoms with Gasteiger partial charge in [0, 0.05) is 18.3 Å². The fourth-order valence-electron chi connectivity index (χ4n) is 2.59. The van der Waals surface area contributed by atoms with Crippen LogP contribution in [0.2, 0.25) is 0 Å². The topological polar surface area (TPSA) is 46.2 Å². The summed E-state index contributed by atoms with van der Waals surface area (Å²) in [7, 11) is 0. The van der Waals surface area contributed by atoms with Crippen LogP contribution in [0.15, 0.2) is 30.3 Å². The number of hydrogen-bond acceptors (Lipinski definition) is 2. The van der Waals surface area contributed by atoms with E-state index in [4.69, 9.17) is 0 Å². The zero-order valence-corrected chi connectivity index (χ0v) is 12.4. The van der Waals surface area contributed by atoms with E-state index < -0.39 is 5.92 Å². The SMILES string of the molecule is O=C(CCCBr)[C@H]1C(=O)NCC1Cc1ccccc1. The molecule has 1 amide bonds. The van der Waals surface area contributed by atoms with Gasteiger partial charge in [-0.3, -0.25) is 9.59 Å². The van der Waals surface area contributed by atoms with Crippen LogP contribution in [0.25, 0.3) is 0 Å². The zero-order valence-electron chi connectivity index (χ0n) is 10.8. The monoisotopic (exact) mass is 323 g/mol. The molecule has 1 heterocycles. The van der Waals surface area contributed by atoms with Crippen LogP contribution < -0.4 is 5.32 Å². The van der Waals surface area contributed by atoms with Crippen LogP contribution in [0.1, 0.15) is 18.4 Å². The Bertz CT molecular complexity index is 447. The summed E-state index contributed by atoms with van der Waals surface area (Å²) in [6.45, 7) is 0.610. The standard InChI is InChI=1S/C15H18BrNO2/c16-8-4-7-13(18)14-12(10-17-15(14)19)9-11-5-2-1-3-6-11/h1-3,5-6,12,14H,4,7-10H2,(H,17,19)/t12?,14-/m0/s1. The van der Waals surface area contributed by atoms with Crippen molar-refractivity contribution in [3.63, 3.8) is 0 Å². The third-order valence-corrected chi connectivity index (χ3v) is 4.10. The average Bonchev–Trinajstić information content (AvgIpc) is 2.78. The van der Waals surface area contributed by atoms with Gasteiger partial charge in [-0.25, -0.2) is 0 Å². The Kier molecular flexibility index (Phi) is 5.14. The first-order valence-electron chi connectivity index (χ1n) is 6.62. The van der Waals surface area contributed by atoms with Crippen molar-refractivity contribution in [2.45, 2.75) is 19.3 Å². The average molecular weight is 324 g/mol. The Balaban J connectivity index is 2.03. The summed E-state index contributed by atoms with van der Waals surface area (Å²) in [4.78, 5) is 24.0. The summed E-state index contributed by atoms with van der Waals surface area (Å²) in [5, 5.41) is 3.63. The number of alkyl halides is 1. The van der Waals surface area contributed by atoms with E-state index in [2.05, 4.69) is 21.2 Å². The number of halogens is 1. The molecular weight excluding hydrogens is 306 g/mol. The van der Waals surface area contributed by atoms with Gasteiger partial charge in [-0.1, -0.05) is 46.3 Å². The quantitative estimate of drug-likeness (QED) is 0.645. The van der Waals surface area contributed by atoms with Crippen LogP contribution in [0.3, 0.4) is 0 Å². The molecule has 1 saturated heterocycles. The molecule has 1 fully saturated rings. The highest BCUT2D eigenvalue weighted by molar-refractivity contribution is 9.09. The van der Waals surface area contributed by atoms with Crippen molar-refractivity contribution in [1.82, 2.24) is 5.32 Å². The lowest BCUT2D eigenvalue weighted by Crippen LogP contribution is -2.28. The summed E-state index contributed by atoms with van der Waals surface area (Å²) in [5.74, 6) is -0.382. The lowest BCUT2D eigenvalue weighted by molar-refractivity contribution is -0.132. The Morgan fingerprint density at radius 2 is 2.05 bits per heavy atom. The molecule has 1 aromatic rings. The molecule has 102 valence electrons. The van der Waals surface area contributed by atoms with Crippen molar-refractivity contribution in [3.8, 4) is 0 Å². The largest absolute Gasteiger partial charge is 0.355 e. The van der Waals surface area contributed by atoms with Gasteiger partial charge in [0.15, 0.2) is 0 Å². The minimum absolute atomic E-state index is 0.0791. The number of carbonyl (C=O) groups is 2. The molecule has 0 radical (unpaired) electrons. The van der Waals surface area contributed by atoms with E-state index in [0.29, 0.717) is 13.0 Å². The summed E-state index contributed by atoms with van der Waals surface area (Å²) < 4.78 is 0. The van der Waals surface area contributed by atoms with Crippen LogP contribution in [0, 0.1) is 11.8 Å². The fraction of sp³-hybridized carbons (Fsp3) is 0.467. The summed E-state index contributed by atoms with van der Waals surface area (Å²) in [5.41, 5.74) is 1.18. The lowest BCUT2D eigenvalue weighted by Gasteiger charge is -2.15. The van der Waals surface area contributed by atoms with Crippen LogP contribution >= 0.6 is 15.9 Å². The molecule has 1 aromatic carbocycles.